The molecule has 0 radical (unpaired) electrons. The summed E-state index contributed by atoms with van der Waals surface area (Å²) in [4.78, 5) is 3.93. The highest BCUT2D eigenvalue weighted by Crippen LogP contribution is 2.28. The van der Waals surface area contributed by atoms with E-state index in [0.717, 1.165) is 24.3 Å². The molecule has 0 fully saturated rings. The topological polar surface area (TPSA) is 56.2 Å². The van der Waals surface area contributed by atoms with Gasteiger partial charge in [0, 0.05) is 35.7 Å². The maximum Gasteiger partial charge on any atom is 0.151 e. The summed E-state index contributed by atoms with van der Waals surface area (Å²) in [7, 11) is 0. The van der Waals surface area contributed by atoms with Crippen LogP contribution >= 0.6 is 0 Å². The molecule has 4 nitrogen and oxygen atoms in total. The van der Waals surface area contributed by atoms with Crippen LogP contribution in [0.2, 0.25) is 0 Å². The van der Waals surface area contributed by atoms with Crippen LogP contribution in [0.4, 0.5) is 23.2 Å². The Kier molecular flexibility index (Phi) is 5.54. The highest BCUT2D eigenvalue weighted by molar-refractivity contribution is 5.75. The van der Waals surface area contributed by atoms with Crippen LogP contribution < -0.4 is 5.73 Å². The molecule has 0 aliphatic heterocycles. The molecular formula is C21H18F4N4. The molecular weight excluding hydrogens is 384 g/mol. The smallest absolute Gasteiger partial charge is 0.151 e. The van der Waals surface area contributed by atoms with E-state index in [0.29, 0.717) is 11.4 Å². The van der Waals surface area contributed by atoms with Crippen LogP contribution in [0.3, 0.4) is 0 Å². The Hall–Kier alpha value is -3.42. The van der Waals surface area contributed by atoms with Crippen molar-refractivity contribution in [2.24, 2.45) is 10.7 Å². The number of hydrogen-bond acceptors (Lipinski definition) is 3. The molecule has 0 amide bonds. The van der Waals surface area contributed by atoms with Crippen molar-refractivity contribution in [2.45, 2.75) is 19.3 Å². The molecule has 0 spiro atoms. The quantitative estimate of drug-likeness (QED) is 0.485. The number of aromatic nitrogens is 2. The lowest BCUT2D eigenvalue weighted by Crippen LogP contribution is -2.27. The van der Waals surface area contributed by atoms with Crippen LogP contribution in [0.15, 0.2) is 65.4 Å². The number of halogens is 4. The maximum atomic E-state index is 14.0. The molecule has 8 heteroatoms. The predicted octanol–water partition coefficient (Wildman–Crippen LogP) is 4.95. The third-order valence-electron chi connectivity index (χ3n) is 4.49. The van der Waals surface area contributed by atoms with Gasteiger partial charge >= 0.3 is 0 Å². The molecule has 0 saturated carbocycles. The van der Waals surface area contributed by atoms with Crippen LogP contribution in [0.1, 0.15) is 19.5 Å². The molecule has 0 unspecified atom stereocenters. The Morgan fingerprint density at radius 3 is 2.31 bits per heavy atom. The zero-order valence-corrected chi connectivity index (χ0v) is 15.7. The minimum absolute atomic E-state index is 0.0238. The van der Waals surface area contributed by atoms with E-state index in [9.17, 15) is 17.6 Å². The number of hydrogen-bond donors (Lipinski definition) is 1. The summed E-state index contributed by atoms with van der Waals surface area (Å²) in [5.41, 5.74) is 6.38. The summed E-state index contributed by atoms with van der Waals surface area (Å²) in [6.45, 7) is 3.61. The molecule has 2 aromatic carbocycles. The van der Waals surface area contributed by atoms with Gasteiger partial charge in [0.2, 0.25) is 0 Å². The van der Waals surface area contributed by atoms with Crippen molar-refractivity contribution in [1.82, 2.24) is 9.78 Å². The normalized spacial score (nSPS) is 12.7. The van der Waals surface area contributed by atoms with Crippen molar-refractivity contribution in [3.63, 3.8) is 0 Å². The molecule has 0 aliphatic carbocycles. The number of aliphatic imine (C=N–C) groups is 1. The average Bonchev–Trinajstić information content (AvgIpc) is 3.14. The van der Waals surface area contributed by atoms with Crippen molar-refractivity contribution in [2.75, 3.05) is 0 Å². The SMILES string of the molecule is CC(C)(C(N)=CC=Nc1ccc(F)cc1F)c1ccn(-c2ccc(F)cc2F)n1. The summed E-state index contributed by atoms with van der Waals surface area (Å²) in [6, 6.07) is 7.94. The van der Waals surface area contributed by atoms with Gasteiger partial charge in [0.05, 0.1) is 11.4 Å². The molecule has 3 rings (SSSR count). The highest BCUT2D eigenvalue weighted by atomic mass is 19.1. The summed E-state index contributed by atoms with van der Waals surface area (Å²) in [5.74, 6) is -2.89. The van der Waals surface area contributed by atoms with E-state index in [-0.39, 0.29) is 11.4 Å². The van der Waals surface area contributed by atoms with Crippen LogP contribution in [0.25, 0.3) is 5.69 Å². The Balaban J connectivity index is 1.83. The zero-order chi connectivity index (χ0) is 21.2. The van der Waals surface area contributed by atoms with Gasteiger partial charge in [0.1, 0.15) is 17.3 Å². The second-order valence-electron chi connectivity index (χ2n) is 6.86. The predicted molar refractivity (Wildman–Crippen MR) is 103 cm³/mol. The maximum absolute atomic E-state index is 14.0. The number of rotatable bonds is 5. The van der Waals surface area contributed by atoms with Gasteiger partial charge in [-0.3, -0.25) is 4.99 Å². The fourth-order valence-corrected chi connectivity index (χ4v) is 2.60. The number of benzene rings is 2. The van der Waals surface area contributed by atoms with Gasteiger partial charge in [-0.15, -0.1) is 0 Å². The van der Waals surface area contributed by atoms with Crippen LogP contribution in [0.5, 0.6) is 0 Å². The van der Waals surface area contributed by atoms with Crippen LogP contribution in [-0.2, 0) is 5.41 Å². The van der Waals surface area contributed by atoms with E-state index >= 15 is 0 Å². The molecule has 150 valence electrons. The Morgan fingerprint density at radius 1 is 1.00 bits per heavy atom. The summed E-state index contributed by atoms with van der Waals surface area (Å²) in [5, 5.41) is 4.34. The average molecular weight is 402 g/mol. The lowest BCUT2D eigenvalue weighted by molar-refractivity contribution is 0.563. The first-order valence-electron chi connectivity index (χ1n) is 8.65. The van der Waals surface area contributed by atoms with Crippen molar-refractivity contribution >= 4 is 11.9 Å². The van der Waals surface area contributed by atoms with Crippen molar-refractivity contribution < 1.29 is 17.6 Å². The van der Waals surface area contributed by atoms with Gasteiger partial charge in [0.25, 0.3) is 0 Å². The van der Waals surface area contributed by atoms with E-state index in [2.05, 4.69) is 10.1 Å². The summed E-state index contributed by atoms with van der Waals surface area (Å²) < 4.78 is 54.9. The molecule has 2 N–H and O–H groups in total. The Morgan fingerprint density at radius 2 is 1.66 bits per heavy atom. The zero-order valence-electron chi connectivity index (χ0n) is 15.7. The fraction of sp³-hybridized carbons (Fsp3) is 0.143. The van der Waals surface area contributed by atoms with Crippen LogP contribution in [0, 0.1) is 23.3 Å². The standard InChI is InChI=1S/C21H18F4N4/c1-21(2,19(26)7-9-27-17-5-3-13(22)11-15(17)24)20-8-10-29(28-20)18-6-4-14(23)12-16(18)25/h3-12H,26H2,1-2H3. The second-order valence-corrected chi connectivity index (χ2v) is 6.86. The molecule has 0 atom stereocenters. The van der Waals surface area contributed by atoms with E-state index < -0.39 is 28.7 Å². The molecule has 29 heavy (non-hydrogen) atoms. The largest absolute Gasteiger partial charge is 0.401 e. The van der Waals surface area contributed by atoms with Gasteiger partial charge in [-0.25, -0.2) is 22.2 Å². The first kappa shape index (κ1) is 20.3. The minimum Gasteiger partial charge on any atom is -0.401 e. The third-order valence-corrected chi connectivity index (χ3v) is 4.49. The van der Waals surface area contributed by atoms with E-state index in [1.807, 2.05) is 0 Å². The third kappa shape index (κ3) is 4.37. The first-order valence-corrected chi connectivity index (χ1v) is 8.65. The van der Waals surface area contributed by atoms with Gasteiger partial charge in [-0.2, -0.15) is 5.10 Å². The van der Waals surface area contributed by atoms with E-state index in [1.54, 1.807) is 26.1 Å². The second kappa shape index (κ2) is 7.90. The van der Waals surface area contributed by atoms with E-state index in [4.69, 9.17) is 5.73 Å². The Bertz CT molecular complexity index is 1100. The molecule has 1 aromatic heterocycles. The first-order chi connectivity index (χ1) is 13.7. The van der Waals surface area contributed by atoms with Gasteiger partial charge in [-0.05, 0) is 50.3 Å². The van der Waals surface area contributed by atoms with Crippen LogP contribution in [-0.4, -0.2) is 16.0 Å². The van der Waals surface area contributed by atoms with E-state index in [1.165, 1.54) is 29.1 Å². The van der Waals surface area contributed by atoms with Gasteiger partial charge in [0.15, 0.2) is 11.6 Å². The molecule has 3 aromatic rings. The number of allylic oxidation sites excluding steroid dienone is 2. The van der Waals surface area contributed by atoms with Gasteiger partial charge in [-0.1, -0.05) is 0 Å². The fourth-order valence-electron chi connectivity index (χ4n) is 2.60. The lowest BCUT2D eigenvalue weighted by atomic mass is 9.86. The monoisotopic (exact) mass is 402 g/mol. The number of nitrogens with two attached hydrogens (primary N) is 1. The summed E-state index contributed by atoms with van der Waals surface area (Å²) >= 11 is 0. The van der Waals surface area contributed by atoms with Crippen molar-refractivity contribution in [1.29, 1.82) is 0 Å². The van der Waals surface area contributed by atoms with Crippen molar-refractivity contribution in [3.05, 3.63) is 89.4 Å². The van der Waals surface area contributed by atoms with Crippen molar-refractivity contribution in [3.8, 4) is 5.69 Å². The minimum atomic E-state index is -0.785. The Labute approximate surface area is 165 Å². The highest BCUT2D eigenvalue weighted by Gasteiger charge is 2.26. The molecule has 0 bridgehead atoms. The lowest BCUT2D eigenvalue weighted by Gasteiger charge is -2.22. The number of nitrogens with zero attached hydrogens (tertiary/aromatic N) is 3. The summed E-state index contributed by atoms with van der Waals surface area (Å²) in [6.07, 6.45) is 4.34. The molecule has 0 aliphatic rings. The molecule has 0 saturated heterocycles. The van der Waals surface area contributed by atoms with Gasteiger partial charge < -0.3 is 5.73 Å². The molecule has 1 heterocycles.